The van der Waals surface area contributed by atoms with Crippen LogP contribution in [0.1, 0.15) is 21.5 Å². The van der Waals surface area contributed by atoms with Crippen LogP contribution in [0.3, 0.4) is 0 Å². The molecule has 9 heteroatoms. The van der Waals surface area contributed by atoms with E-state index in [1.54, 1.807) is 40.8 Å². The largest absolute Gasteiger partial charge is 0.379 e. The molecule has 1 saturated heterocycles. The number of carbonyl (C=O) groups excluding carboxylic acids is 2. The number of hydrogen-bond donors (Lipinski definition) is 1. The van der Waals surface area contributed by atoms with Gasteiger partial charge in [-0.15, -0.1) is 0 Å². The van der Waals surface area contributed by atoms with Crippen LogP contribution in [0, 0.1) is 19.7 Å². The van der Waals surface area contributed by atoms with E-state index in [0.29, 0.717) is 48.8 Å². The lowest BCUT2D eigenvalue weighted by atomic mass is 10.1. The maximum atomic E-state index is 14.5. The number of aromatic nitrogens is 2. The molecule has 1 N–H and O–H groups in total. The van der Waals surface area contributed by atoms with Crippen LogP contribution in [0.5, 0.6) is 0 Å². The standard InChI is InChI=1S/C32H34FN5O3/c1-23-8-6-7-11-27(23)31(40)37(15-14-36-16-18-41-19-17-36)22-30(39)35-32-34-29(25-9-4-3-5-10-25)21-38(32)26-13-12-24(2)28(33)20-26/h3-13,20-21H,14-19,22H2,1-2H3,(H,34,35,39). The smallest absolute Gasteiger partial charge is 0.254 e. The van der Waals surface area contributed by atoms with Gasteiger partial charge < -0.3 is 9.64 Å². The summed E-state index contributed by atoms with van der Waals surface area (Å²) in [7, 11) is 0. The predicted molar refractivity (Wildman–Crippen MR) is 157 cm³/mol. The Labute approximate surface area is 239 Å². The van der Waals surface area contributed by atoms with Crippen molar-refractivity contribution in [2.75, 3.05) is 51.3 Å². The molecule has 0 unspecified atom stereocenters. The summed E-state index contributed by atoms with van der Waals surface area (Å²) in [6.45, 7) is 7.30. The molecule has 5 rings (SSSR count). The van der Waals surface area contributed by atoms with Crippen molar-refractivity contribution < 1.29 is 18.7 Å². The Balaban J connectivity index is 1.40. The molecule has 1 fully saturated rings. The molecule has 1 aliphatic heterocycles. The van der Waals surface area contributed by atoms with E-state index < -0.39 is 5.91 Å². The highest BCUT2D eigenvalue weighted by Gasteiger charge is 2.23. The number of nitrogens with one attached hydrogen (secondary N) is 1. The monoisotopic (exact) mass is 555 g/mol. The highest BCUT2D eigenvalue weighted by molar-refractivity contribution is 6.00. The van der Waals surface area contributed by atoms with Gasteiger partial charge in [0.15, 0.2) is 0 Å². The van der Waals surface area contributed by atoms with Gasteiger partial charge in [0.1, 0.15) is 12.4 Å². The molecule has 212 valence electrons. The van der Waals surface area contributed by atoms with Gasteiger partial charge in [-0.2, -0.15) is 0 Å². The van der Waals surface area contributed by atoms with Crippen molar-refractivity contribution in [2.24, 2.45) is 0 Å². The molecule has 0 bridgehead atoms. The third kappa shape index (κ3) is 6.87. The van der Waals surface area contributed by atoms with Gasteiger partial charge in [0, 0.05) is 43.5 Å². The van der Waals surface area contributed by atoms with Crippen LogP contribution in [0.25, 0.3) is 16.9 Å². The fourth-order valence-corrected chi connectivity index (χ4v) is 4.80. The van der Waals surface area contributed by atoms with E-state index in [1.165, 1.54) is 6.07 Å². The van der Waals surface area contributed by atoms with E-state index in [1.807, 2.05) is 55.5 Å². The summed E-state index contributed by atoms with van der Waals surface area (Å²) in [6.07, 6.45) is 1.77. The summed E-state index contributed by atoms with van der Waals surface area (Å²) in [5.74, 6) is -0.713. The quantitative estimate of drug-likeness (QED) is 0.324. The van der Waals surface area contributed by atoms with Gasteiger partial charge >= 0.3 is 0 Å². The first kappa shape index (κ1) is 28.2. The van der Waals surface area contributed by atoms with Gasteiger partial charge in [0.25, 0.3) is 5.91 Å². The van der Waals surface area contributed by atoms with Gasteiger partial charge in [-0.05, 0) is 43.2 Å². The zero-order chi connectivity index (χ0) is 28.8. The Morgan fingerprint density at radius 1 is 0.976 bits per heavy atom. The molecular weight excluding hydrogens is 521 g/mol. The number of ether oxygens (including phenoxy) is 1. The first-order chi connectivity index (χ1) is 19.9. The number of benzene rings is 3. The number of halogens is 1. The number of amides is 2. The number of rotatable bonds is 9. The van der Waals surface area contributed by atoms with Crippen LogP contribution in [-0.2, 0) is 9.53 Å². The zero-order valence-electron chi connectivity index (χ0n) is 23.3. The normalized spacial score (nSPS) is 13.6. The first-order valence-corrected chi connectivity index (χ1v) is 13.8. The molecule has 0 atom stereocenters. The zero-order valence-corrected chi connectivity index (χ0v) is 23.3. The molecule has 4 aromatic rings. The van der Waals surface area contributed by atoms with Gasteiger partial charge in [-0.3, -0.25) is 24.4 Å². The maximum absolute atomic E-state index is 14.5. The summed E-state index contributed by atoms with van der Waals surface area (Å²) in [6, 6.07) is 21.8. The molecule has 41 heavy (non-hydrogen) atoms. The van der Waals surface area contributed by atoms with Crippen molar-refractivity contribution in [1.29, 1.82) is 0 Å². The van der Waals surface area contributed by atoms with E-state index in [2.05, 4.69) is 15.2 Å². The number of anilines is 1. The van der Waals surface area contributed by atoms with Crippen LogP contribution in [0.2, 0.25) is 0 Å². The molecule has 3 aromatic carbocycles. The lowest BCUT2D eigenvalue weighted by molar-refractivity contribution is -0.117. The average molecular weight is 556 g/mol. The second-order valence-corrected chi connectivity index (χ2v) is 10.2. The maximum Gasteiger partial charge on any atom is 0.254 e. The van der Waals surface area contributed by atoms with Crippen LogP contribution >= 0.6 is 0 Å². The van der Waals surface area contributed by atoms with Crippen LogP contribution in [0.4, 0.5) is 10.3 Å². The highest BCUT2D eigenvalue weighted by Crippen LogP contribution is 2.25. The van der Waals surface area contributed by atoms with Gasteiger partial charge in [0.2, 0.25) is 11.9 Å². The lowest BCUT2D eigenvalue weighted by Crippen LogP contribution is -2.45. The van der Waals surface area contributed by atoms with Crippen molar-refractivity contribution in [3.05, 3.63) is 102 Å². The summed E-state index contributed by atoms with van der Waals surface area (Å²) < 4.78 is 21.6. The third-order valence-corrected chi connectivity index (χ3v) is 7.25. The van der Waals surface area contributed by atoms with Gasteiger partial charge in [-0.25, -0.2) is 9.37 Å². The minimum atomic E-state index is -0.395. The third-order valence-electron chi connectivity index (χ3n) is 7.25. The number of nitrogens with zero attached hydrogens (tertiary/aromatic N) is 4. The van der Waals surface area contributed by atoms with Crippen molar-refractivity contribution in [2.45, 2.75) is 13.8 Å². The fourth-order valence-electron chi connectivity index (χ4n) is 4.80. The molecule has 2 amide bonds. The SMILES string of the molecule is Cc1ccc(-n2cc(-c3ccccc3)nc2NC(=O)CN(CCN2CCOCC2)C(=O)c2ccccc2C)cc1F. The van der Waals surface area contributed by atoms with Crippen LogP contribution < -0.4 is 5.32 Å². The molecule has 1 aliphatic rings. The second-order valence-electron chi connectivity index (χ2n) is 10.2. The van der Waals surface area contributed by atoms with E-state index in [0.717, 1.165) is 24.2 Å². The Morgan fingerprint density at radius 2 is 1.71 bits per heavy atom. The topological polar surface area (TPSA) is 79.7 Å². The Hall–Kier alpha value is -4.34. The van der Waals surface area contributed by atoms with Crippen molar-refractivity contribution in [1.82, 2.24) is 19.4 Å². The van der Waals surface area contributed by atoms with Crippen LogP contribution in [-0.4, -0.2) is 77.1 Å². The molecular formula is C32H34FN5O3. The Morgan fingerprint density at radius 3 is 2.44 bits per heavy atom. The van der Waals surface area contributed by atoms with Gasteiger partial charge in [-0.1, -0.05) is 54.6 Å². The molecule has 0 radical (unpaired) electrons. The molecule has 0 spiro atoms. The highest BCUT2D eigenvalue weighted by atomic mass is 19.1. The number of carbonyl (C=O) groups is 2. The van der Waals surface area contributed by atoms with Crippen molar-refractivity contribution in [3.8, 4) is 16.9 Å². The fraction of sp³-hybridized carbons (Fsp3) is 0.281. The van der Waals surface area contributed by atoms with E-state index in [9.17, 15) is 14.0 Å². The van der Waals surface area contributed by atoms with E-state index in [4.69, 9.17) is 4.74 Å². The molecule has 0 aliphatic carbocycles. The summed E-state index contributed by atoms with van der Waals surface area (Å²) >= 11 is 0. The van der Waals surface area contributed by atoms with Gasteiger partial charge in [0.05, 0.1) is 24.6 Å². The molecule has 8 nitrogen and oxygen atoms in total. The minimum Gasteiger partial charge on any atom is -0.379 e. The molecule has 2 heterocycles. The number of hydrogen-bond acceptors (Lipinski definition) is 5. The van der Waals surface area contributed by atoms with Crippen molar-refractivity contribution in [3.63, 3.8) is 0 Å². The number of aryl methyl sites for hydroxylation is 2. The minimum absolute atomic E-state index is 0.159. The molecule has 1 aromatic heterocycles. The van der Waals surface area contributed by atoms with Crippen LogP contribution in [0.15, 0.2) is 79.0 Å². The summed E-state index contributed by atoms with van der Waals surface area (Å²) in [5.41, 5.74) is 3.94. The van der Waals surface area contributed by atoms with E-state index >= 15 is 0 Å². The summed E-state index contributed by atoms with van der Waals surface area (Å²) in [4.78, 5) is 35.6. The first-order valence-electron chi connectivity index (χ1n) is 13.8. The number of morpholine rings is 1. The van der Waals surface area contributed by atoms with E-state index in [-0.39, 0.29) is 24.2 Å². The number of imidazole rings is 1. The average Bonchev–Trinajstić information content (AvgIpc) is 3.41. The summed E-state index contributed by atoms with van der Waals surface area (Å²) in [5, 5.41) is 2.89. The second kappa shape index (κ2) is 12.9. The Bertz CT molecular complexity index is 1520. The van der Waals surface area contributed by atoms with Crippen molar-refractivity contribution >= 4 is 17.8 Å². The Kier molecular flexibility index (Phi) is 8.86. The lowest BCUT2D eigenvalue weighted by Gasteiger charge is -2.30. The predicted octanol–water partition coefficient (Wildman–Crippen LogP) is 4.71. The molecule has 0 saturated carbocycles.